The minimum absolute atomic E-state index is 0.0443. The molecule has 1 heterocycles. The molecule has 4 rings (SSSR count). The highest BCUT2D eigenvalue weighted by Crippen LogP contribution is 2.42. The average molecular weight is 514 g/mol. The van der Waals surface area contributed by atoms with E-state index in [4.69, 9.17) is 25.8 Å². The summed E-state index contributed by atoms with van der Waals surface area (Å²) < 4.78 is 30.5. The number of methoxy groups -OCH3 is 2. The third kappa shape index (κ3) is 5.63. The molecule has 3 aromatic rings. The number of aliphatic hydroxyl groups is 1. The number of hydrogen-bond donors (Lipinski definition) is 1. The number of pyridine rings is 1. The standard InChI is InChI=1S/C28H29ClFNO5/c1-27(13-14-27)36-22-8-6-17(16-24(22)35-4)21(32)11-12-28(2,33)25-10-9-23(34-3)26(31-25)18-5-7-20(30)19(29)15-18/h5-10,15-16,33H,11-14H2,1-4H3. The second-order valence-electron chi connectivity index (χ2n) is 9.49. The molecule has 0 radical (unpaired) electrons. The molecule has 1 aromatic heterocycles. The third-order valence-electron chi connectivity index (χ3n) is 6.46. The van der Waals surface area contributed by atoms with Crippen LogP contribution in [0.2, 0.25) is 5.02 Å². The molecule has 0 saturated heterocycles. The van der Waals surface area contributed by atoms with Gasteiger partial charge in [-0.15, -0.1) is 0 Å². The minimum Gasteiger partial charge on any atom is -0.494 e. The number of ether oxygens (including phenoxy) is 3. The molecule has 1 N–H and O–H groups in total. The SMILES string of the molecule is COc1cc(C(=O)CCC(C)(O)c2ccc(OC)c(-c3ccc(F)c(Cl)c3)n2)ccc1OC1(C)CC1. The Morgan fingerprint density at radius 1 is 1.08 bits per heavy atom. The predicted octanol–water partition coefficient (Wildman–Crippen LogP) is 6.36. The number of nitrogens with zero attached hydrogens (tertiary/aromatic N) is 1. The molecule has 1 atom stereocenters. The van der Waals surface area contributed by atoms with Gasteiger partial charge in [0.25, 0.3) is 0 Å². The Bertz CT molecular complexity index is 1290. The molecule has 1 aliphatic rings. The van der Waals surface area contributed by atoms with Crippen molar-refractivity contribution in [3.05, 3.63) is 70.6 Å². The van der Waals surface area contributed by atoms with Crippen LogP contribution in [-0.2, 0) is 5.60 Å². The predicted molar refractivity (Wildman–Crippen MR) is 136 cm³/mol. The fourth-order valence-corrected chi connectivity index (χ4v) is 4.04. The first-order valence-corrected chi connectivity index (χ1v) is 12.1. The minimum atomic E-state index is -1.41. The first-order chi connectivity index (χ1) is 17.0. The largest absolute Gasteiger partial charge is 0.494 e. The Morgan fingerprint density at radius 3 is 2.42 bits per heavy atom. The monoisotopic (exact) mass is 513 g/mol. The van der Waals surface area contributed by atoms with Gasteiger partial charge in [0.05, 0.1) is 24.9 Å². The van der Waals surface area contributed by atoms with Gasteiger partial charge in [0, 0.05) is 17.5 Å². The van der Waals surface area contributed by atoms with Crippen LogP contribution in [0, 0.1) is 5.82 Å². The van der Waals surface area contributed by atoms with E-state index in [0.29, 0.717) is 39.8 Å². The van der Waals surface area contributed by atoms with E-state index in [1.165, 1.54) is 26.4 Å². The van der Waals surface area contributed by atoms with Crippen LogP contribution in [0.3, 0.4) is 0 Å². The summed E-state index contributed by atoms with van der Waals surface area (Å²) in [5.74, 6) is 0.871. The first kappa shape index (κ1) is 25.9. The summed E-state index contributed by atoms with van der Waals surface area (Å²) in [7, 11) is 3.04. The van der Waals surface area contributed by atoms with Crippen molar-refractivity contribution in [3.63, 3.8) is 0 Å². The van der Waals surface area contributed by atoms with E-state index in [2.05, 4.69) is 4.98 Å². The van der Waals surface area contributed by atoms with Gasteiger partial charge in [-0.25, -0.2) is 9.37 Å². The third-order valence-corrected chi connectivity index (χ3v) is 6.75. The van der Waals surface area contributed by atoms with E-state index in [1.807, 2.05) is 6.92 Å². The lowest BCUT2D eigenvalue weighted by Crippen LogP contribution is -2.24. The van der Waals surface area contributed by atoms with Gasteiger partial charge in [-0.05, 0) is 81.6 Å². The Kier molecular flexibility index (Phi) is 7.25. The molecule has 0 bridgehead atoms. The van der Waals surface area contributed by atoms with E-state index < -0.39 is 11.4 Å². The topological polar surface area (TPSA) is 77.9 Å². The molecule has 8 heteroatoms. The number of rotatable bonds is 10. The molecule has 6 nitrogen and oxygen atoms in total. The van der Waals surface area contributed by atoms with Crippen molar-refractivity contribution in [2.75, 3.05) is 14.2 Å². The lowest BCUT2D eigenvalue weighted by Gasteiger charge is -2.24. The fraction of sp³-hybridized carbons (Fsp3) is 0.357. The van der Waals surface area contributed by atoms with Gasteiger partial charge in [0.1, 0.15) is 28.5 Å². The Morgan fingerprint density at radius 2 is 1.78 bits per heavy atom. The maximum absolute atomic E-state index is 13.7. The van der Waals surface area contributed by atoms with Crippen LogP contribution in [0.4, 0.5) is 4.39 Å². The van der Waals surface area contributed by atoms with Crippen LogP contribution in [0.1, 0.15) is 55.6 Å². The van der Waals surface area contributed by atoms with Gasteiger partial charge < -0.3 is 19.3 Å². The molecule has 0 aliphatic heterocycles. The van der Waals surface area contributed by atoms with E-state index in [-0.39, 0.29) is 29.2 Å². The van der Waals surface area contributed by atoms with Gasteiger partial charge in [0.15, 0.2) is 17.3 Å². The molecular formula is C28H29ClFNO5. The number of carbonyl (C=O) groups is 1. The lowest BCUT2D eigenvalue weighted by molar-refractivity contribution is 0.0397. The van der Waals surface area contributed by atoms with E-state index in [0.717, 1.165) is 12.8 Å². The van der Waals surface area contributed by atoms with Crippen LogP contribution >= 0.6 is 11.6 Å². The molecular weight excluding hydrogens is 485 g/mol. The fourth-order valence-electron chi connectivity index (χ4n) is 3.86. The molecule has 36 heavy (non-hydrogen) atoms. The Balaban J connectivity index is 1.51. The number of carbonyl (C=O) groups excluding carboxylic acids is 1. The van der Waals surface area contributed by atoms with E-state index in [9.17, 15) is 14.3 Å². The smallest absolute Gasteiger partial charge is 0.163 e. The van der Waals surface area contributed by atoms with Gasteiger partial charge in [-0.1, -0.05) is 11.6 Å². The number of ketones is 1. The summed E-state index contributed by atoms with van der Waals surface area (Å²) in [6.45, 7) is 3.64. The Hall–Kier alpha value is -3.16. The second-order valence-corrected chi connectivity index (χ2v) is 9.90. The van der Waals surface area contributed by atoms with Gasteiger partial charge in [-0.3, -0.25) is 4.79 Å². The maximum atomic E-state index is 13.7. The molecule has 1 aliphatic carbocycles. The van der Waals surface area contributed by atoms with Crippen LogP contribution in [0.15, 0.2) is 48.5 Å². The summed E-state index contributed by atoms with van der Waals surface area (Å²) >= 11 is 5.95. The number of aromatic nitrogens is 1. The number of halogens is 2. The highest BCUT2D eigenvalue weighted by molar-refractivity contribution is 6.31. The van der Waals surface area contributed by atoms with Crippen molar-refractivity contribution in [2.45, 2.75) is 50.7 Å². The molecule has 2 aromatic carbocycles. The number of benzene rings is 2. The van der Waals surface area contributed by atoms with Crippen LogP contribution in [-0.4, -0.2) is 35.7 Å². The van der Waals surface area contributed by atoms with Crippen LogP contribution in [0.5, 0.6) is 17.2 Å². The summed E-state index contributed by atoms with van der Waals surface area (Å²) in [4.78, 5) is 17.5. The van der Waals surface area contributed by atoms with Crippen molar-refractivity contribution >= 4 is 17.4 Å². The second kappa shape index (κ2) is 10.1. The van der Waals surface area contributed by atoms with Crippen molar-refractivity contribution in [1.29, 1.82) is 0 Å². The molecule has 0 spiro atoms. The van der Waals surface area contributed by atoms with Crippen LogP contribution in [0.25, 0.3) is 11.3 Å². The molecule has 1 fully saturated rings. The normalized spacial score (nSPS) is 15.6. The summed E-state index contributed by atoms with van der Waals surface area (Å²) in [6.07, 6.45) is 2.19. The first-order valence-electron chi connectivity index (χ1n) is 11.7. The zero-order chi connectivity index (χ0) is 26.1. The van der Waals surface area contributed by atoms with Crippen molar-refractivity contribution < 1.29 is 28.5 Å². The van der Waals surface area contributed by atoms with E-state index >= 15 is 0 Å². The van der Waals surface area contributed by atoms with Crippen LogP contribution < -0.4 is 14.2 Å². The van der Waals surface area contributed by atoms with Crippen molar-refractivity contribution in [3.8, 4) is 28.5 Å². The summed E-state index contributed by atoms with van der Waals surface area (Å²) in [5, 5.41) is 11.2. The summed E-state index contributed by atoms with van der Waals surface area (Å²) in [5.41, 5.74) is 0.204. The Labute approximate surface area is 215 Å². The van der Waals surface area contributed by atoms with E-state index in [1.54, 1.807) is 43.3 Å². The molecule has 190 valence electrons. The quantitative estimate of drug-likeness (QED) is 0.318. The molecule has 0 amide bonds. The van der Waals surface area contributed by atoms with Gasteiger partial charge in [-0.2, -0.15) is 0 Å². The zero-order valence-corrected chi connectivity index (χ0v) is 21.5. The number of Topliss-reactive ketones (excluding diaryl/α,β-unsaturated/α-hetero) is 1. The number of hydrogen-bond acceptors (Lipinski definition) is 6. The molecule has 1 unspecified atom stereocenters. The maximum Gasteiger partial charge on any atom is 0.163 e. The highest BCUT2D eigenvalue weighted by Gasteiger charge is 2.40. The van der Waals surface area contributed by atoms with Gasteiger partial charge in [0.2, 0.25) is 0 Å². The lowest BCUT2D eigenvalue weighted by atomic mass is 9.92. The summed E-state index contributed by atoms with van der Waals surface area (Å²) in [6, 6.07) is 12.7. The average Bonchev–Trinajstić information content (AvgIpc) is 3.60. The highest BCUT2D eigenvalue weighted by atomic mass is 35.5. The zero-order valence-electron chi connectivity index (χ0n) is 20.7. The molecule has 1 saturated carbocycles. The van der Waals surface area contributed by atoms with Gasteiger partial charge >= 0.3 is 0 Å². The van der Waals surface area contributed by atoms with Crippen molar-refractivity contribution in [2.24, 2.45) is 0 Å². The van der Waals surface area contributed by atoms with Crippen molar-refractivity contribution in [1.82, 2.24) is 4.98 Å².